The molecule has 1 unspecified atom stereocenters. The van der Waals surface area contributed by atoms with Crippen molar-refractivity contribution in [2.24, 2.45) is 4.99 Å². The number of thiophene rings is 1. The van der Waals surface area contributed by atoms with Gasteiger partial charge in [0.15, 0.2) is 5.96 Å². The highest BCUT2D eigenvalue weighted by atomic mass is 32.1. The minimum Gasteiger partial charge on any atom is -0.357 e. The SMILES string of the molecule is CCNC(=NCc1ccc(C(=O)NC)cc1)NCC(c1cccs1)N1CCCC1. The molecule has 1 aliphatic heterocycles. The van der Waals surface area contributed by atoms with Crippen LogP contribution in [0.5, 0.6) is 0 Å². The molecule has 6 nitrogen and oxygen atoms in total. The van der Waals surface area contributed by atoms with Gasteiger partial charge >= 0.3 is 0 Å². The third-order valence-corrected chi connectivity index (χ3v) is 6.10. The van der Waals surface area contributed by atoms with E-state index in [9.17, 15) is 4.79 Å². The smallest absolute Gasteiger partial charge is 0.251 e. The monoisotopic (exact) mass is 413 g/mol. The van der Waals surface area contributed by atoms with Gasteiger partial charge in [0.05, 0.1) is 12.6 Å². The minimum atomic E-state index is -0.0726. The zero-order valence-electron chi connectivity index (χ0n) is 17.3. The van der Waals surface area contributed by atoms with Crippen LogP contribution in [0.25, 0.3) is 0 Å². The lowest BCUT2D eigenvalue weighted by Gasteiger charge is -2.27. The van der Waals surface area contributed by atoms with E-state index >= 15 is 0 Å². The molecule has 1 amide bonds. The average molecular weight is 414 g/mol. The highest BCUT2D eigenvalue weighted by molar-refractivity contribution is 7.10. The lowest BCUT2D eigenvalue weighted by Crippen LogP contribution is -2.42. The molecule has 29 heavy (non-hydrogen) atoms. The quantitative estimate of drug-likeness (QED) is 0.460. The maximum Gasteiger partial charge on any atom is 0.251 e. The fraction of sp³-hybridized carbons (Fsp3) is 0.455. The third kappa shape index (κ3) is 6.05. The second kappa shape index (κ2) is 11.0. The maximum absolute atomic E-state index is 11.7. The summed E-state index contributed by atoms with van der Waals surface area (Å²) in [6.07, 6.45) is 2.56. The fourth-order valence-electron chi connectivity index (χ4n) is 3.56. The summed E-state index contributed by atoms with van der Waals surface area (Å²) < 4.78 is 0. The largest absolute Gasteiger partial charge is 0.357 e. The zero-order valence-corrected chi connectivity index (χ0v) is 18.1. The number of guanidine groups is 1. The van der Waals surface area contributed by atoms with Gasteiger partial charge in [-0.3, -0.25) is 9.69 Å². The van der Waals surface area contributed by atoms with Gasteiger partial charge in [-0.2, -0.15) is 0 Å². The summed E-state index contributed by atoms with van der Waals surface area (Å²) in [5.41, 5.74) is 1.74. The first-order chi connectivity index (χ1) is 14.2. The Bertz CT molecular complexity index is 782. The minimum absolute atomic E-state index is 0.0726. The molecule has 0 bridgehead atoms. The van der Waals surface area contributed by atoms with Crippen molar-refractivity contribution in [2.45, 2.75) is 32.4 Å². The normalized spacial score (nSPS) is 15.9. The van der Waals surface area contributed by atoms with Crippen molar-refractivity contribution < 1.29 is 4.79 Å². The topological polar surface area (TPSA) is 68.8 Å². The highest BCUT2D eigenvalue weighted by Crippen LogP contribution is 2.27. The van der Waals surface area contributed by atoms with Crippen LogP contribution >= 0.6 is 11.3 Å². The number of amides is 1. The number of hydrogen-bond donors (Lipinski definition) is 3. The van der Waals surface area contributed by atoms with Crippen LogP contribution in [-0.4, -0.2) is 50.0 Å². The summed E-state index contributed by atoms with van der Waals surface area (Å²) in [4.78, 5) is 20.4. The molecular formula is C22H31N5OS. The van der Waals surface area contributed by atoms with E-state index in [1.807, 2.05) is 35.6 Å². The third-order valence-electron chi connectivity index (χ3n) is 5.12. The van der Waals surface area contributed by atoms with Crippen molar-refractivity contribution in [2.75, 3.05) is 33.2 Å². The summed E-state index contributed by atoms with van der Waals surface area (Å²) in [6, 6.07) is 12.3. The molecule has 0 radical (unpaired) electrons. The van der Waals surface area contributed by atoms with Gasteiger partial charge in [0.25, 0.3) is 5.91 Å². The molecule has 1 atom stereocenters. The van der Waals surface area contributed by atoms with E-state index in [1.165, 1.54) is 17.7 Å². The Morgan fingerprint density at radius 3 is 2.55 bits per heavy atom. The summed E-state index contributed by atoms with van der Waals surface area (Å²) in [6.45, 7) is 6.62. The molecule has 2 heterocycles. The molecule has 1 aromatic heterocycles. The van der Waals surface area contributed by atoms with Crippen molar-refractivity contribution in [3.8, 4) is 0 Å². The Kier molecular flexibility index (Phi) is 8.07. The Balaban J connectivity index is 1.63. The second-order valence-corrected chi connectivity index (χ2v) is 8.11. The highest BCUT2D eigenvalue weighted by Gasteiger charge is 2.24. The Hall–Kier alpha value is -2.38. The number of nitrogens with zero attached hydrogens (tertiary/aromatic N) is 2. The summed E-state index contributed by atoms with van der Waals surface area (Å²) in [5.74, 6) is 0.750. The van der Waals surface area contributed by atoms with Crippen LogP contribution in [0, 0.1) is 0 Å². The average Bonchev–Trinajstić information content (AvgIpc) is 3.47. The molecule has 3 N–H and O–H groups in total. The van der Waals surface area contributed by atoms with Crippen LogP contribution in [0.15, 0.2) is 46.8 Å². The van der Waals surface area contributed by atoms with E-state index in [0.29, 0.717) is 18.2 Å². The zero-order chi connectivity index (χ0) is 20.5. The van der Waals surface area contributed by atoms with Crippen molar-refractivity contribution in [1.29, 1.82) is 0 Å². The number of rotatable bonds is 8. The lowest BCUT2D eigenvalue weighted by atomic mass is 10.1. The summed E-state index contributed by atoms with van der Waals surface area (Å²) in [5, 5.41) is 11.7. The van der Waals surface area contributed by atoms with E-state index in [2.05, 4.69) is 45.3 Å². The Morgan fingerprint density at radius 1 is 1.17 bits per heavy atom. The Morgan fingerprint density at radius 2 is 1.93 bits per heavy atom. The molecule has 0 saturated carbocycles. The number of nitrogens with one attached hydrogen (secondary N) is 3. The lowest BCUT2D eigenvalue weighted by molar-refractivity contribution is 0.0963. The summed E-state index contributed by atoms with van der Waals surface area (Å²) in [7, 11) is 1.64. The molecule has 0 aliphatic carbocycles. The van der Waals surface area contributed by atoms with Gasteiger partial charge in [-0.25, -0.2) is 4.99 Å². The number of likely N-dealkylation sites (tertiary alicyclic amines) is 1. The van der Waals surface area contributed by atoms with Gasteiger partial charge in [0.2, 0.25) is 0 Å². The standard InChI is InChI=1S/C22H31N5OS/c1-3-24-22(25-15-17-8-10-18(11-9-17)21(28)23-2)26-16-19(20-7-6-14-29-20)27-12-4-5-13-27/h6-11,14,19H,3-5,12-13,15-16H2,1-2H3,(H,23,28)(H2,24,25,26). The van der Waals surface area contributed by atoms with E-state index in [-0.39, 0.29) is 5.91 Å². The van der Waals surface area contributed by atoms with Gasteiger partial charge in [-0.05, 0) is 62.0 Å². The molecule has 3 rings (SSSR count). The van der Waals surface area contributed by atoms with Gasteiger partial charge in [0.1, 0.15) is 0 Å². The molecule has 0 spiro atoms. The number of benzene rings is 1. The van der Waals surface area contributed by atoms with Crippen LogP contribution in [0.1, 0.15) is 46.6 Å². The van der Waals surface area contributed by atoms with E-state index in [4.69, 9.17) is 4.99 Å². The van der Waals surface area contributed by atoms with Gasteiger partial charge < -0.3 is 16.0 Å². The van der Waals surface area contributed by atoms with Crippen LogP contribution < -0.4 is 16.0 Å². The van der Waals surface area contributed by atoms with Gasteiger partial charge in [-0.15, -0.1) is 11.3 Å². The molecule has 156 valence electrons. The number of carbonyl (C=O) groups is 1. The number of hydrogen-bond acceptors (Lipinski definition) is 4. The fourth-order valence-corrected chi connectivity index (χ4v) is 4.42. The van der Waals surface area contributed by atoms with Crippen LogP contribution in [0.3, 0.4) is 0 Å². The molecule has 1 aliphatic rings. The van der Waals surface area contributed by atoms with E-state index < -0.39 is 0 Å². The molecule has 2 aromatic rings. The predicted molar refractivity (Wildman–Crippen MR) is 121 cm³/mol. The number of aliphatic imine (C=N–C) groups is 1. The molecule has 1 saturated heterocycles. The van der Waals surface area contributed by atoms with Gasteiger partial charge in [0, 0.05) is 30.6 Å². The van der Waals surface area contributed by atoms with Crippen LogP contribution in [0.4, 0.5) is 0 Å². The predicted octanol–water partition coefficient (Wildman–Crippen LogP) is 3.00. The van der Waals surface area contributed by atoms with E-state index in [0.717, 1.165) is 37.7 Å². The first kappa shape index (κ1) is 21.3. The second-order valence-electron chi connectivity index (χ2n) is 7.13. The first-order valence-electron chi connectivity index (χ1n) is 10.3. The van der Waals surface area contributed by atoms with Crippen molar-refractivity contribution >= 4 is 23.2 Å². The van der Waals surface area contributed by atoms with Crippen molar-refractivity contribution in [1.82, 2.24) is 20.9 Å². The van der Waals surface area contributed by atoms with Crippen LogP contribution in [-0.2, 0) is 6.54 Å². The first-order valence-corrected chi connectivity index (χ1v) is 11.2. The molecule has 1 fully saturated rings. The maximum atomic E-state index is 11.7. The van der Waals surface area contributed by atoms with Gasteiger partial charge in [-0.1, -0.05) is 18.2 Å². The van der Waals surface area contributed by atoms with Crippen LogP contribution in [0.2, 0.25) is 0 Å². The molecule has 1 aromatic carbocycles. The summed E-state index contributed by atoms with van der Waals surface area (Å²) >= 11 is 1.82. The molecule has 7 heteroatoms. The Labute approximate surface area is 177 Å². The van der Waals surface area contributed by atoms with Crippen molar-refractivity contribution in [3.63, 3.8) is 0 Å². The van der Waals surface area contributed by atoms with E-state index in [1.54, 1.807) is 7.05 Å². The van der Waals surface area contributed by atoms with Crippen molar-refractivity contribution in [3.05, 3.63) is 57.8 Å². The molecular weight excluding hydrogens is 382 g/mol. The number of carbonyl (C=O) groups excluding carboxylic acids is 1.